The van der Waals surface area contributed by atoms with Crippen molar-refractivity contribution in [1.29, 1.82) is 0 Å². The van der Waals surface area contributed by atoms with E-state index in [2.05, 4.69) is 10.3 Å². The Morgan fingerprint density at radius 2 is 1.90 bits per heavy atom. The van der Waals surface area contributed by atoms with Gasteiger partial charge in [0.2, 0.25) is 0 Å². The van der Waals surface area contributed by atoms with Gasteiger partial charge in [0.15, 0.2) is 9.84 Å². The molecule has 10 nitrogen and oxygen atoms in total. The number of sulfone groups is 1. The number of rotatable bonds is 8. The molecule has 0 radical (unpaired) electrons. The molecule has 1 fully saturated rings. The SMILES string of the molecule is CCS(=O)(=O)c1ccc(Cl)cc1Cn1c(=O)[nH]c2cc(CN3CC[C@H](CNC(=O)O)C3)c(C(F)(F)F)cc2c1=O. The molecular formula is C25H26ClF3N4O6S. The van der Waals surface area contributed by atoms with Crippen LogP contribution in [0.15, 0.2) is 44.8 Å². The molecule has 4 rings (SSSR count). The van der Waals surface area contributed by atoms with E-state index in [9.17, 15) is 36.0 Å². The number of nitrogens with zero attached hydrogens (tertiary/aromatic N) is 2. The number of aromatic amines is 1. The van der Waals surface area contributed by atoms with Gasteiger partial charge >= 0.3 is 18.0 Å². The Hall–Kier alpha value is -3.36. The molecule has 1 atom stereocenters. The van der Waals surface area contributed by atoms with Crippen LogP contribution in [0.2, 0.25) is 5.02 Å². The summed E-state index contributed by atoms with van der Waals surface area (Å²) < 4.78 is 68.1. The monoisotopic (exact) mass is 602 g/mol. The second kappa shape index (κ2) is 11.3. The Labute approximate surface area is 231 Å². The van der Waals surface area contributed by atoms with E-state index in [4.69, 9.17) is 16.7 Å². The number of benzene rings is 2. The average Bonchev–Trinajstić information content (AvgIpc) is 3.31. The molecule has 1 aliphatic rings. The molecule has 0 spiro atoms. The number of nitrogens with one attached hydrogen (secondary N) is 2. The number of hydrogen-bond donors (Lipinski definition) is 3. The summed E-state index contributed by atoms with van der Waals surface area (Å²) in [6.07, 6.45) is -5.40. The third kappa shape index (κ3) is 6.34. The predicted octanol–water partition coefficient (Wildman–Crippen LogP) is 3.29. The predicted molar refractivity (Wildman–Crippen MR) is 142 cm³/mol. The van der Waals surface area contributed by atoms with Gasteiger partial charge in [0.25, 0.3) is 5.56 Å². The van der Waals surface area contributed by atoms with Crippen LogP contribution in [-0.2, 0) is 29.1 Å². The summed E-state index contributed by atoms with van der Waals surface area (Å²) in [6, 6.07) is 5.72. The summed E-state index contributed by atoms with van der Waals surface area (Å²) in [6.45, 7) is 1.77. The Kier molecular flexibility index (Phi) is 8.33. The molecule has 2 heterocycles. The van der Waals surface area contributed by atoms with Crippen molar-refractivity contribution in [3.8, 4) is 0 Å². The van der Waals surface area contributed by atoms with Gasteiger partial charge in [-0.25, -0.2) is 18.0 Å². The van der Waals surface area contributed by atoms with Crippen LogP contribution < -0.4 is 16.6 Å². The average molecular weight is 603 g/mol. The minimum Gasteiger partial charge on any atom is -0.465 e. The van der Waals surface area contributed by atoms with Crippen molar-refractivity contribution in [2.75, 3.05) is 25.4 Å². The lowest BCUT2D eigenvalue weighted by Gasteiger charge is -2.20. The lowest BCUT2D eigenvalue weighted by Crippen LogP contribution is -2.36. The van der Waals surface area contributed by atoms with Crippen LogP contribution in [0.1, 0.15) is 30.0 Å². The molecule has 0 unspecified atom stereocenters. The van der Waals surface area contributed by atoms with Crippen LogP contribution in [0.3, 0.4) is 0 Å². The van der Waals surface area contributed by atoms with Gasteiger partial charge in [0, 0.05) is 24.7 Å². The van der Waals surface area contributed by atoms with Crippen molar-refractivity contribution in [2.45, 2.75) is 37.5 Å². The molecule has 3 aromatic rings. The van der Waals surface area contributed by atoms with E-state index in [0.29, 0.717) is 30.1 Å². The molecule has 1 saturated heterocycles. The van der Waals surface area contributed by atoms with Crippen LogP contribution in [-0.4, -0.2) is 59.5 Å². The summed E-state index contributed by atoms with van der Waals surface area (Å²) in [7, 11) is -3.76. The summed E-state index contributed by atoms with van der Waals surface area (Å²) >= 11 is 6.02. The van der Waals surface area contributed by atoms with E-state index in [0.717, 1.165) is 6.07 Å². The van der Waals surface area contributed by atoms with Gasteiger partial charge < -0.3 is 15.4 Å². The van der Waals surface area contributed by atoms with Crippen molar-refractivity contribution in [1.82, 2.24) is 19.8 Å². The molecule has 1 aromatic heterocycles. The first-order chi connectivity index (χ1) is 18.7. The summed E-state index contributed by atoms with van der Waals surface area (Å²) in [5.41, 5.74) is -3.17. The number of halogens is 4. The lowest BCUT2D eigenvalue weighted by atomic mass is 10.0. The number of carbonyl (C=O) groups is 1. The van der Waals surface area contributed by atoms with Crippen molar-refractivity contribution in [2.24, 2.45) is 5.92 Å². The number of amides is 1. The zero-order valence-electron chi connectivity index (χ0n) is 21.2. The van der Waals surface area contributed by atoms with Crippen LogP contribution in [0.25, 0.3) is 10.9 Å². The number of hydrogen-bond acceptors (Lipinski definition) is 6. The molecule has 1 amide bonds. The van der Waals surface area contributed by atoms with Crippen molar-refractivity contribution >= 4 is 38.4 Å². The Bertz CT molecular complexity index is 1690. The summed E-state index contributed by atoms with van der Waals surface area (Å²) in [4.78, 5) is 41.0. The molecule has 1 aliphatic heterocycles. The molecule has 2 aromatic carbocycles. The molecule has 40 heavy (non-hydrogen) atoms. The quantitative estimate of drug-likeness (QED) is 0.359. The highest BCUT2D eigenvalue weighted by Gasteiger charge is 2.35. The largest absolute Gasteiger partial charge is 0.465 e. The highest BCUT2D eigenvalue weighted by Crippen LogP contribution is 2.35. The number of H-pyrrole nitrogens is 1. The molecule has 0 bridgehead atoms. The van der Waals surface area contributed by atoms with Gasteiger partial charge in [0.05, 0.1) is 33.7 Å². The highest BCUT2D eigenvalue weighted by atomic mass is 35.5. The normalized spacial score (nSPS) is 16.5. The first-order valence-corrected chi connectivity index (χ1v) is 14.3. The molecule has 0 saturated carbocycles. The van der Waals surface area contributed by atoms with Gasteiger partial charge in [0.1, 0.15) is 0 Å². The van der Waals surface area contributed by atoms with Crippen LogP contribution >= 0.6 is 11.6 Å². The van der Waals surface area contributed by atoms with E-state index < -0.39 is 45.5 Å². The first kappa shape index (κ1) is 29.6. The van der Waals surface area contributed by atoms with Crippen LogP contribution in [0.5, 0.6) is 0 Å². The van der Waals surface area contributed by atoms with Gasteiger partial charge in [-0.15, -0.1) is 0 Å². The van der Waals surface area contributed by atoms with Gasteiger partial charge in [-0.3, -0.25) is 14.3 Å². The number of alkyl halides is 3. The summed E-state index contributed by atoms with van der Waals surface area (Å²) in [5.74, 6) is -0.318. The fraction of sp³-hybridized carbons (Fsp3) is 0.400. The second-order valence-electron chi connectivity index (χ2n) is 9.61. The number of carboxylic acid groups (broad SMARTS) is 1. The maximum absolute atomic E-state index is 14.1. The zero-order chi connectivity index (χ0) is 29.4. The van der Waals surface area contributed by atoms with Gasteiger partial charge in [-0.1, -0.05) is 18.5 Å². The minimum atomic E-state index is -4.81. The lowest BCUT2D eigenvalue weighted by molar-refractivity contribution is -0.138. The van der Waals surface area contributed by atoms with Crippen LogP contribution in [0, 0.1) is 5.92 Å². The third-order valence-corrected chi connectivity index (χ3v) is 8.95. The first-order valence-electron chi connectivity index (χ1n) is 12.3. The topological polar surface area (TPSA) is 142 Å². The third-order valence-electron chi connectivity index (χ3n) is 6.88. The maximum atomic E-state index is 14.1. The Balaban J connectivity index is 1.74. The van der Waals surface area contributed by atoms with Gasteiger partial charge in [-0.2, -0.15) is 13.2 Å². The van der Waals surface area contributed by atoms with E-state index in [1.54, 1.807) is 4.90 Å². The van der Waals surface area contributed by atoms with E-state index in [1.807, 2.05) is 0 Å². The van der Waals surface area contributed by atoms with Gasteiger partial charge in [-0.05, 0) is 60.3 Å². The van der Waals surface area contributed by atoms with E-state index >= 15 is 0 Å². The fourth-order valence-electron chi connectivity index (χ4n) is 4.88. The number of fused-ring (bicyclic) bond motifs is 1. The molecule has 0 aliphatic carbocycles. The minimum absolute atomic E-state index is 0.0509. The molecule has 3 N–H and O–H groups in total. The molecule has 216 valence electrons. The number of aromatic nitrogens is 2. The van der Waals surface area contributed by atoms with E-state index in [-0.39, 0.29) is 56.7 Å². The fourth-order valence-corrected chi connectivity index (χ4v) is 6.18. The smallest absolute Gasteiger partial charge is 0.416 e. The second-order valence-corrected chi connectivity index (χ2v) is 12.3. The van der Waals surface area contributed by atoms with E-state index in [1.165, 1.54) is 25.1 Å². The van der Waals surface area contributed by atoms with Crippen molar-refractivity contribution in [3.63, 3.8) is 0 Å². The molecule has 15 heteroatoms. The standard InChI is InChI=1S/C25H26ClF3N4O6S/c1-2-40(38,39)21-4-3-17(26)7-16(21)13-33-22(34)18-9-19(25(27,28)29)15(8-20(18)31-23(33)35)12-32-6-5-14(11-32)10-30-24(36)37/h3-4,7-9,14,30H,2,5-6,10-13H2,1H3,(H,31,35)(H,36,37)/t14-/m1/s1. The number of likely N-dealkylation sites (tertiary alicyclic amines) is 1. The van der Waals surface area contributed by atoms with Crippen molar-refractivity contribution < 1.29 is 31.5 Å². The Morgan fingerprint density at radius 3 is 2.55 bits per heavy atom. The maximum Gasteiger partial charge on any atom is 0.416 e. The highest BCUT2D eigenvalue weighted by molar-refractivity contribution is 7.91. The Morgan fingerprint density at radius 1 is 1.18 bits per heavy atom. The molecular weight excluding hydrogens is 577 g/mol. The summed E-state index contributed by atoms with van der Waals surface area (Å²) in [5, 5.41) is 10.8. The van der Waals surface area contributed by atoms with Crippen molar-refractivity contribution in [3.05, 3.63) is 72.9 Å². The zero-order valence-corrected chi connectivity index (χ0v) is 22.8. The van der Waals surface area contributed by atoms with Crippen LogP contribution in [0.4, 0.5) is 18.0 Å².